The summed E-state index contributed by atoms with van der Waals surface area (Å²) in [5.74, 6) is 0.663. The largest absolute Gasteiger partial charge is 0.493 e. The van der Waals surface area contributed by atoms with E-state index in [9.17, 15) is 4.79 Å². The summed E-state index contributed by atoms with van der Waals surface area (Å²) in [5.41, 5.74) is 1.38. The van der Waals surface area contributed by atoms with Gasteiger partial charge in [0.25, 0.3) is 5.91 Å². The summed E-state index contributed by atoms with van der Waals surface area (Å²) in [6, 6.07) is 16.6. The predicted molar refractivity (Wildman–Crippen MR) is 89.8 cm³/mol. The molecule has 2 aromatic rings. The Morgan fingerprint density at radius 1 is 1.10 bits per heavy atom. The quantitative estimate of drug-likeness (QED) is 0.464. The summed E-state index contributed by atoms with van der Waals surface area (Å²) in [5, 5.41) is 2.87. The number of rotatable bonds is 6. The SMILES string of the molecule is O=C(Nc1cccc(OCCCI)c1)c1ccccc1. The first kappa shape index (κ1) is 14.8. The third kappa shape index (κ3) is 4.52. The zero-order valence-corrected chi connectivity index (χ0v) is 13.2. The van der Waals surface area contributed by atoms with E-state index in [0.29, 0.717) is 12.2 Å². The second kappa shape index (κ2) is 7.89. The highest BCUT2D eigenvalue weighted by Gasteiger charge is 2.05. The molecule has 20 heavy (non-hydrogen) atoms. The summed E-state index contributed by atoms with van der Waals surface area (Å²) < 4.78 is 6.69. The molecule has 1 N–H and O–H groups in total. The number of carbonyl (C=O) groups is 1. The van der Waals surface area contributed by atoms with Crippen molar-refractivity contribution in [3.8, 4) is 5.75 Å². The number of anilines is 1. The van der Waals surface area contributed by atoms with Gasteiger partial charge >= 0.3 is 0 Å². The van der Waals surface area contributed by atoms with E-state index in [4.69, 9.17) is 4.74 Å². The summed E-state index contributed by atoms with van der Waals surface area (Å²) >= 11 is 2.32. The monoisotopic (exact) mass is 381 g/mol. The zero-order chi connectivity index (χ0) is 14.2. The fourth-order valence-corrected chi connectivity index (χ4v) is 2.01. The molecule has 0 saturated heterocycles. The fourth-order valence-electron chi connectivity index (χ4n) is 1.70. The van der Waals surface area contributed by atoms with E-state index < -0.39 is 0 Å². The standard InChI is InChI=1S/C16H16INO2/c17-10-5-11-20-15-9-4-8-14(12-15)18-16(19)13-6-2-1-3-7-13/h1-4,6-9,12H,5,10-11H2,(H,18,19). The van der Waals surface area contributed by atoms with Crippen molar-refractivity contribution in [2.24, 2.45) is 0 Å². The molecule has 2 rings (SSSR count). The van der Waals surface area contributed by atoms with Crippen molar-refractivity contribution >= 4 is 34.2 Å². The third-order valence-corrected chi connectivity index (χ3v) is 3.44. The van der Waals surface area contributed by atoms with Crippen LogP contribution in [0.15, 0.2) is 54.6 Å². The van der Waals surface area contributed by atoms with Gasteiger partial charge in [0.1, 0.15) is 5.75 Å². The summed E-state index contributed by atoms with van der Waals surface area (Å²) in [6.07, 6.45) is 1.02. The van der Waals surface area contributed by atoms with Crippen LogP contribution in [0.4, 0.5) is 5.69 Å². The molecule has 0 radical (unpaired) electrons. The summed E-state index contributed by atoms with van der Waals surface area (Å²) in [6.45, 7) is 0.693. The highest BCUT2D eigenvalue weighted by molar-refractivity contribution is 14.1. The second-order valence-electron chi connectivity index (χ2n) is 4.24. The van der Waals surface area contributed by atoms with Crippen molar-refractivity contribution in [1.82, 2.24) is 0 Å². The molecule has 104 valence electrons. The van der Waals surface area contributed by atoms with Crippen molar-refractivity contribution in [2.45, 2.75) is 6.42 Å². The first-order valence-electron chi connectivity index (χ1n) is 6.45. The van der Waals surface area contributed by atoms with Crippen LogP contribution in [0.3, 0.4) is 0 Å². The summed E-state index contributed by atoms with van der Waals surface area (Å²) in [7, 11) is 0. The van der Waals surface area contributed by atoms with E-state index in [0.717, 1.165) is 22.3 Å². The maximum atomic E-state index is 12.0. The molecule has 2 aromatic carbocycles. The Morgan fingerprint density at radius 2 is 1.90 bits per heavy atom. The van der Waals surface area contributed by atoms with Crippen molar-refractivity contribution < 1.29 is 9.53 Å². The van der Waals surface area contributed by atoms with Crippen LogP contribution >= 0.6 is 22.6 Å². The number of alkyl halides is 1. The van der Waals surface area contributed by atoms with E-state index in [1.54, 1.807) is 12.1 Å². The van der Waals surface area contributed by atoms with Gasteiger partial charge < -0.3 is 10.1 Å². The summed E-state index contributed by atoms with van der Waals surface area (Å²) in [4.78, 5) is 12.0. The number of benzene rings is 2. The van der Waals surface area contributed by atoms with Crippen molar-refractivity contribution in [3.63, 3.8) is 0 Å². The third-order valence-electron chi connectivity index (χ3n) is 2.67. The molecule has 0 spiro atoms. The number of hydrogen-bond acceptors (Lipinski definition) is 2. The van der Waals surface area contributed by atoms with Gasteiger partial charge in [0.15, 0.2) is 0 Å². The van der Waals surface area contributed by atoms with Gasteiger partial charge in [-0.25, -0.2) is 0 Å². The Hall–Kier alpha value is -1.56. The molecule has 0 aliphatic rings. The fraction of sp³-hybridized carbons (Fsp3) is 0.188. The number of carbonyl (C=O) groups excluding carboxylic acids is 1. The number of nitrogens with one attached hydrogen (secondary N) is 1. The highest BCUT2D eigenvalue weighted by atomic mass is 127. The van der Waals surface area contributed by atoms with E-state index in [-0.39, 0.29) is 5.91 Å². The number of ether oxygens (including phenoxy) is 1. The smallest absolute Gasteiger partial charge is 0.255 e. The van der Waals surface area contributed by atoms with Gasteiger partial charge in [0.05, 0.1) is 6.61 Å². The molecule has 0 aliphatic carbocycles. The molecule has 0 heterocycles. The first-order valence-corrected chi connectivity index (χ1v) is 7.97. The van der Waals surface area contributed by atoms with Crippen LogP contribution in [0, 0.1) is 0 Å². The topological polar surface area (TPSA) is 38.3 Å². The molecular formula is C16H16INO2. The number of halogens is 1. The van der Waals surface area contributed by atoms with Crippen LogP contribution in [-0.4, -0.2) is 16.9 Å². The van der Waals surface area contributed by atoms with Crippen molar-refractivity contribution in [3.05, 3.63) is 60.2 Å². The Labute approximate surface area is 132 Å². The van der Waals surface area contributed by atoms with Crippen LogP contribution in [0.5, 0.6) is 5.75 Å². The molecule has 3 nitrogen and oxygen atoms in total. The molecular weight excluding hydrogens is 365 g/mol. The van der Waals surface area contributed by atoms with Gasteiger partial charge in [-0.2, -0.15) is 0 Å². The Balaban J connectivity index is 1.99. The number of hydrogen-bond donors (Lipinski definition) is 1. The van der Waals surface area contributed by atoms with Gasteiger partial charge in [-0.1, -0.05) is 46.9 Å². The lowest BCUT2D eigenvalue weighted by atomic mass is 10.2. The van der Waals surface area contributed by atoms with Gasteiger partial charge in [-0.05, 0) is 30.7 Å². The van der Waals surface area contributed by atoms with Gasteiger partial charge in [0.2, 0.25) is 0 Å². The van der Waals surface area contributed by atoms with Crippen LogP contribution in [0.25, 0.3) is 0 Å². The molecule has 0 aliphatic heterocycles. The molecule has 1 amide bonds. The molecule has 0 fully saturated rings. The molecule has 0 unspecified atom stereocenters. The molecule has 0 bridgehead atoms. The minimum atomic E-state index is -0.116. The van der Waals surface area contributed by atoms with Gasteiger partial charge in [-0.15, -0.1) is 0 Å². The second-order valence-corrected chi connectivity index (χ2v) is 5.32. The minimum absolute atomic E-state index is 0.116. The Kier molecular flexibility index (Phi) is 5.86. The van der Waals surface area contributed by atoms with E-state index >= 15 is 0 Å². The van der Waals surface area contributed by atoms with Crippen LogP contribution in [-0.2, 0) is 0 Å². The van der Waals surface area contributed by atoms with Crippen molar-refractivity contribution in [1.29, 1.82) is 0 Å². The average molecular weight is 381 g/mol. The van der Waals surface area contributed by atoms with Crippen LogP contribution in [0.2, 0.25) is 0 Å². The maximum absolute atomic E-state index is 12.0. The van der Waals surface area contributed by atoms with E-state index in [1.807, 2.05) is 42.5 Å². The Bertz CT molecular complexity index is 557. The lowest BCUT2D eigenvalue weighted by Gasteiger charge is -2.08. The first-order chi connectivity index (χ1) is 9.79. The Morgan fingerprint density at radius 3 is 2.65 bits per heavy atom. The molecule has 0 saturated carbocycles. The van der Waals surface area contributed by atoms with Gasteiger partial charge in [0, 0.05) is 21.7 Å². The van der Waals surface area contributed by atoms with E-state index in [2.05, 4.69) is 27.9 Å². The molecule has 0 atom stereocenters. The van der Waals surface area contributed by atoms with Crippen molar-refractivity contribution in [2.75, 3.05) is 16.4 Å². The van der Waals surface area contributed by atoms with Crippen LogP contribution < -0.4 is 10.1 Å². The molecule has 0 aromatic heterocycles. The minimum Gasteiger partial charge on any atom is -0.493 e. The normalized spacial score (nSPS) is 10.1. The lowest BCUT2D eigenvalue weighted by molar-refractivity contribution is 0.102. The maximum Gasteiger partial charge on any atom is 0.255 e. The van der Waals surface area contributed by atoms with Gasteiger partial charge in [-0.3, -0.25) is 4.79 Å². The van der Waals surface area contributed by atoms with Crippen LogP contribution in [0.1, 0.15) is 16.8 Å². The lowest BCUT2D eigenvalue weighted by Crippen LogP contribution is -2.11. The predicted octanol–water partition coefficient (Wildman–Crippen LogP) is 4.14. The average Bonchev–Trinajstić information content (AvgIpc) is 2.49. The molecule has 4 heteroatoms. The van der Waals surface area contributed by atoms with E-state index in [1.165, 1.54) is 0 Å². The zero-order valence-electron chi connectivity index (χ0n) is 11.0. The highest BCUT2D eigenvalue weighted by Crippen LogP contribution is 2.18. The number of amides is 1.